The van der Waals surface area contributed by atoms with E-state index in [9.17, 15) is 9.90 Å². The van der Waals surface area contributed by atoms with E-state index in [0.29, 0.717) is 21.2 Å². The Bertz CT molecular complexity index is 471. The van der Waals surface area contributed by atoms with Crippen LogP contribution in [0, 0.1) is 5.41 Å². The summed E-state index contributed by atoms with van der Waals surface area (Å²) in [7, 11) is 0. The van der Waals surface area contributed by atoms with Crippen LogP contribution in [0.1, 0.15) is 26.3 Å². The number of rotatable bonds is 2. The molecule has 0 saturated heterocycles. The maximum atomic E-state index is 11.2. The fourth-order valence-corrected chi connectivity index (χ4v) is 1.84. The highest BCUT2D eigenvalue weighted by molar-refractivity contribution is 6.35. The van der Waals surface area contributed by atoms with Crippen molar-refractivity contribution in [1.82, 2.24) is 0 Å². The summed E-state index contributed by atoms with van der Waals surface area (Å²) >= 11 is 11.8. The molecule has 0 atom stereocenters. The molecule has 0 amide bonds. The van der Waals surface area contributed by atoms with Crippen LogP contribution in [-0.4, -0.2) is 11.1 Å². The lowest BCUT2D eigenvalue weighted by Crippen LogP contribution is -2.17. The molecule has 0 spiro atoms. The average molecular weight is 273 g/mol. The lowest BCUT2D eigenvalue weighted by atomic mass is 9.85. The number of carboxylic acid groups (broad SMARTS) is 1. The van der Waals surface area contributed by atoms with Crippen molar-refractivity contribution < 1.29 is 9.90 Å². The molecule has 2 nitrogen and oxygen atoms in total. The molecule has 0 saturated carbocycles. The minimum atomic E-state index is -0.941. The highest BCUT2D eigenvalue weighted by atomic mass is 35.5. The zero-order chi connectivity index (χ0) is 13.2. The highest BCUT2D eigenvalue weighted by Crippen LogP contribution is 2.30. The molecule has 0 aliphatic heterocycles. The molecule has 17 heavy (non-hydrogen) atoms. The Morgan fingerprint density at radius 1 is 1.29 bits per heavy atom. The van der Waals surface area contributed by atoms with Crippen LogP contribution in [0.5, 0.6) is 0 Å². The lowest BCUT2D eigenvalue weighted by molar-refractivity contribution is -0.133. The van der Waals surface area contributed by atoms with Gasteiger partial charge in [0, 0.05) is 15.6 Å². The van der Waals surface area contributed by atoms with Gasteiger partial charge in [0.1, 0.15) is 0 Å². The molecule has 1 aromatic rings. The fourth-order valence-electron chi connectivity index (χ4n) is 1.37. The zero-order valence-electron chi connectivity index (χ0n) is 9.92. The largest absolute Gasteiger partial charge is 0.478 e. The van der Waals surface area contributed by atoms with Gasteiger partial charge in [-0.3, -0.25) is 0 Å². The molecule has 0 aromatic heterocycles. The van der Waals surface area contributed by atoms with E-state index in [4.69, 9.17) is 23.2 Å². The summed E-state index contributed by atoms with van der Waals surface area (Å²) in [5.41, 5.74) is 0.513. The molecular weight excluding hydrogens is 259 g/mol. The van der Waals surface area contributed by atoms with E-state index in [1.54, 1.807) is 24.3 Å². The first-order valence-corrected chi connectivity index (χ1v) is 5.88. The Morgan fingerprint density at radius 3 is 2.29 bits per heavy atom. The fraction of sp³-hybridized carbons (Fsp3) is 0.308. The van der Waals surface area contributed by atoms with Gasteiger partial charge in [0.25, 0.3) is 0 Å². The van der Waals surface area contributed by atoms with Crippen LogP contribution in [0.4, 0.5) is 0 Å². The van der Waals surface area contributed by atoms with Gasteiger partial charge in [-0.1, -0.05) is 50.0 Å². The van der Waals surface area contributed by atoms with Crippen LogP contribution in [0.15, 0.2) is 23.8 Å². The Labute approximate surface area is 111 Å². The standard InChI is InChI=1S/C13H14Cl2O2/c1-13(2,3)10(12(16)17)6-8-4-5-9(14)7-11(8)15/h4-7H,1-3H3,(H,16,17). The van der Waals surface area contributed by atoms with Gasteiger partial charge in [-0.15, -0.1) is 0 Å². The number of hydrogen-bond donors (Lipinski definition) is 1. The number of hydrogen-bond acceptors (Lipinski definition) is 1. The summed E-state index contributed by atoms with van der Waals surface area (Å²) in [6, 6.07) is 4.98. The van der Waals surface area contributed by atoms with Crippen LogP contribution < -0.4 is 0 Å². The van der Waals surface area contributed by atoms with Crippen molar-refractivity contribution in [3.05, 3.63) is 39.4 Å². The Balaban J connectivity index is 3.28. The van der Waals surface area contributed by atoms with Crippen molar-refractivity contribution in [3.63, 3.8) is 0 Å². The van der Waals surface area contributed by atoms with Gasteiger partial charge < -0.3 is 5.11 Å². The number of aliphatic carboxylic acids is 1. The van der Waals surface area contributed by atoms with Crippen molar-refractivity contribution in [2.24, 2.45) is 5.41 Å². The lowest BCUT2D eigenvalue weighted by Gasteiger charge is -2.19. The van der Waals surface area contributed by atoms with Crippen molar-refractivity contribution in [1.29, 1.82) is 0 Å². The third-order valence-corrected chi connectivity index (χ3v) is 2.86. The van der Waals surface area contributed by atoms with E-state index >= 15 is 0 Å². The van der Waals surface area contributed by atoms with E-state index in [-0.39, 0.29) is 0 Å². The van der Waals surface area contributed by atoms with Gasteiger partial charge in [0.15, 0.2) is 0 Å². The third kappa shape index (κ3) is 3.76. The van der Waals surface area contributed by atoms with E-state index in [1.807, 2.05) is 20.8 Å². The molecule has 0 aliphatic rings. The molecule has 1 aromatic carbocycles. The van der Waals surface area contributed by atoms with Crippen molar-refractivity contribution in [2.75, 3.05) is 0 Å². The van der Waals surface area contributed by atoms with Crippen LogP contribution in [0.2, 0.25) is 10.0 Å². The van der Waals surface area contributed by atoms with Gasteiger partial charge in [-0.25, -0.2) is 4.79 Å². The minimum Gasteiger partial charge on any atom is -0.478 e. The predicted molar refractivity (Wildman–Crippen MR) is 71.5 cm³/mol. The molecule has 0 bridgehead atoms. The number of halogens is 2. The summed E-state index contributed by atoms with van der Waals surface area (Å²) in [5.74, 6) is -0.941. The molecule has 1 N–H and O–H groups in total. The Kier molecular flexibility index (Phi) is 4.23. The smallest absolute Gasteiger partial charge is 0.332 e. The van der Waals surface area contributed by atoms with E-state index < -0.39 is 11.4 Å². The molecule has 0 heterocycles. The third-order valence-electron chi connectivity index (χ3n) is 2.30. The molecule has 0 unspecified atom stereocenters. The normalized spacial score (nSPS) is 12.6. The highest BCUT2D eigenvalue weighted by Gasteiger charge is 2.23. The number of carboxylic acids is 1. The quantitative estimate of drug-likeness (QED) is 0.805. The summed E-state index contributed by atoms with van der Waals surface area (Å²) in [5, 5.41) is 10.2. The summed E-state index contributed by atoms with van der Waals surface area (Å²) in [4.78, 5) is 11.2. The van der Waals surface area contributed by atoms with E-state index in [1.165, 1.54) is 0 Å². The topological polar surface area (TPSA) is 37.3 Å². The van der Waals surface area contributed by atoms with Crippen molar-refractivity contribution >= 4 is 35.2 Å². The SMILES string of the molecule is CC(C)(C)C(=Cc1ccc(Cl)cc1Cl)C(=O)O. The average Bonchev–Trinajstić information content (AvgIpc) is 2.13. The summed E-state index contributed by atoms with van der Waals surface area (Å²) in [6.07, 6.45) is 1.58. The Morgan fingerprint density at radius 2 is 1.88 bits per heavy atom. The molecule has 0 aliphatic carbocycles. The molecule has 4 heteroatoms. The molecule has 0 fully saturated rings. The van der Waals surface area contributed by atoms with Gasteiger partial charge in [-0.2, -0.15) is 0 Å². The van der Waals surface area contributed by atoms with Crippen molar-refractivity contribution in [3.8, 4) is 0 Å². The molecule has 0 radical (unpaired) electrons. The first-order chi connectivity index (χ1) is 7.71. The van der Waals surface area contributed by atoms with Gasteiger partial charge in [-0.05, 0) is 29.2 Å². The second kappa shape index (κ2) is 5.11. The number of benzene rings is 1. The predicted octanol–water partition coefficient (Wildman–Crippen LogP) is 4.51. The molecular formula is C13H14Cl2O2. The first kappa shape index (κ1) is 14.1. The van der Waals surface area contributed by atoms with Gasteiger partial charge in [0.2, 0.25) is 0 Å². The Hall–Kier alpha value is -0.990. The van der Waals surface area contributed by atoms with Crippen LogP contribution in [-0.2, 0) is 4.79 Å². The monoisotopic (exact) mass is 272 g/mol. The van der Waals surface area contributed by atoms with Crippen LogP contribution >= 0.6 is 23.2 Å². The summed E-state index contributed by atoms with van der Waals surface area (Å²) in [6.45, 7) is 5.53. The second-order valence-electron chi connectivity index (χ2n) is 4.78. The summed E-state index contributed by atoms with van der Waals surface area (Å²) < 4.78 is 0. The van der Waals surface area contributed by atoms with Gasteiger partial charge in [0.05, 0.1) is 0 Å². The zero-order valence-corrected chi connectivity index (χ0v) is 11.4. The first-order valence-electron chi connectivity index (χ1n) is 5.12. The van der Waals surface area contributed by atoms with Gasteiger partial charge >= 0.3 is 5.97 Å². The maximum absolute atomic E-state index is 11.2. The number of carbonyl (C=O) groups is 1. The van der Waals surface area contributed by atoms with Crippen LogP contribution in [0.25, 0.3) is 6.08 Å². The van der Waals surface area contributed by atoms with Crippen LogP contribution in [0.3, 0.4) is 0 Å². The van der Waals surface area contributed by atoms with E-state index in [0.717, 1.165) is 0 Å². The molecule has 92 valence electrons. The maximum Gasteiger partial charge on any atom is 0.332 e. The minimum absolute atomic E-state index is 0.307. The molecule has 1 rings (SSSR count). The van der Waals surface area contributed by atoms with Crippen molar-refractivity contribution in [2.45, 2.75) is 20.8 Å². The van der Waals surface area contributed by atoms with E-state index in [2.05, 4.69) is 0 Å². The second-order valence-corrected chi connectivity index (χ2v) is 5.62.